The van der Waals surface area contributed by atoms with Crippen molar-refractivity contribution in [3.8, 4) is 0 Å². The maximum atomic E-state index is 12.0. The molecule has 2 rings (SSSR count). The molecule has 0 radical (unpaired) electrons. The van der Waals surface area contributed by atoms with Crippen LogP contribution in [0.1, 0.15) is 26.3 Å². The highest BCUT2D eigenvalue weighted by atomic mass is 16.6. The minimum Gasteiger partial charge on any atom is -0.467 e. The molecule has 0 saturated carbocycles. The van der Waals surface area contributed by atoms with Crippen LogP contribution in [-0.2, 0) is 20.7 Å². The third-order valence-electron chi connectivity index (χ3n) is 3.27. The fourth-order valence-electron chi connectivity index (χ4n) is 2.33. The van der Waals surface area contributed by atoms with Crippen molar-refractivity contribution in [3.05, 3.63) is 36.0 Å². The number of benzene rings is 1. The van der Waals surface area contributed by atoms with Crippen molar-refractivity contribution in [3.63, 3.8) is 0 Å². The normalized spacial score (nSPS) is 12.7. The summed E-state index contributed by atoms with van der Waals surface area (Å²) in [5.74, 6) is -0.514. The standard InChI is InChI=1S/C17H22N2O4/c1-17(2,3)23-16(21)19-13(15(20)22-4)10-12-7-5-6-11-8-9-18-14(11)12/h5-9,13,18H,10H2,1-4H3,(H,19,21). The molecule has 124 valence electrons. The molecule has 0 aliphatic heterocycles. The lowest BCUT2D eigenvalue weighted by molar-refractivity contribution is -0.143. The number of nitrogens with one attached hydrogen (secondary N) is 2. The van der Waals surface area contributed by atoms with E-state index in [1.807, 2.05) is 30.5 Å². The Balaban J connectivity index is 2.17. The van der Waals surface area contributed by atoms with E-state index in [1.54, 1.807) is 20.8 Å². The maximum Gasteiger partial charge on any atom is 0.408 e. The van der Waals surface area contributed by atoms with Crippen molar-refractivity contribution in [1.82, 2.24) is 10.3 Å². The Morgan fingerprint density at radius 1 is 1.26 bits per heavy atom. The van der Waals surface area contributed by atoms with Crippen molar-refractivity contribution in [1.29, 1.82) is 0 Å². The van der Waals surface area contributed by atoms with Crippen LogP contribution in [-0.4, -0.2) is 35.8 Å². The molecule has 0 bridgehead atoms. The first kappa shape index (κ1) is 16.9. The van der Waals surface area contributed by atoms with E-state index in [2.05, 4.69) is 10.3 Å². The number of hydrogen-bond acceptors (Lipinski definition) is 4. The van der Waals surface area contributed by atoms with Crippen LogP contribution in [0.25, 0.3) is 10.9 Å². The van der Waals surface area contributed by atoms with Crippen LogP contribution in [0.5, 0.6) is 0 Å². The number of alkyl carbamates (subject to hydrolysis) is 1. The number of para-hydroxylation sites is 1. The van der Waals surface area contributed by atoms with E-state index in [-0.39, 0.29) is 0 Å². The van der Waals surface area contributed by atoms with Gasteiger partial charge in [-0.2, -0.15) is 0 Å². The minimum atomic E-state index is -0.816. The van der Waals surface area contributed by atoms with Crippen molar-refractivity contribution in [2.45, 2.75) is 38.8 Å². The topological polar surface area (TPSA) is 80.4 Å². The van der Waals surface area contributed by atoms with Gasteiger partial charge in [-0.1, -0.05) is 18.2 Å². The second-order valence-corrected chi connectivity index (χ2v) is 6.29. The zero-order valence-electron chi connectivity index (χ0n) is 13.8. The molecule has 2 aromatic rings. The molecule has 0 saturated heterocycles. The van der Waals surface area contributed by atoms with Gasteiger partial charge in [0.2, 0.25) is 0 Å². The highest BCUT2D eigenvalue weighted by molar-refractivity contribution is 5.85. The minimum absolute atomic E-state index is 0.309. The first-order valence-electron chi connectivity index (χ1n) is 7.42. The Labute approximate surface area is 135 Å². The van der Waals surface area contributed by atoms with E-state index >= 15 is 0 Å². The molecule has 1 aromatic heterocycles. The van der Waals surface area contributed by atoms with Gasteiger partial charge in [-0.15, -0.1) is 0 Å². The second-order valence-electron chi connectivity index (χ2n) is 6.29. The van der Waals surface area contributed by atoms with Crippen LogP contribution in [0.3, 0.4) is 0 Å². The molecular weight excluding hydrogens is 296 g/mol. The second kappa shape index (κ2) is 6.73. The number of ether oxygens (including phenoxy) is 2. The number of hydrogen-bond donors (Lipinski definition) is 2. The summed E-state index contributed by atoms with van der Waals surface area (Å²) < 4.78 is 10.00. The average Bonchev–Trinajstić information content (AvgIpc) is 2.93. The molecule has 23 heavy (non-hydrogen) atoms. The number of methoxy groups -OCH3 is 1. The van der Waals surface area contributed by atoms with Crippen LogP contribution in [0.2, 0.25) is 0 Å². The summed E-state index contributed by atoms with van der Waals surface area (Å²) >= 11 is 0. The first-order chi connectivity index (χ1) is 10.8. The number of aromatic amines is 1. The number of fused-ring (bicyclic) bond motifs is 1. The number of carbonyl (C=O) groups excluding carboxylic acids is 2. The number of esters is 1. The largest absolute Gasteiger partial charge is 0.467 e. The van der Waals surface area contributed by atoms with Crippen LogP contribution < -0.4 is 5.32 Å². The Morgan fingerprint density at radius 2 is 2.00 bits per heavy atom. The quantitative estimate of drug-likeness (QED) is 0.850. The van der Waals surface area contributed by atoms with Crippen LogP contribution in [0.4, 0.5) is 4.79 Å². The summed E-state index contributed by atoms with van der Waals surface area (Å²) in [5.41, 5.74) is 1.22. The Hall–Kier alpha value is -2.50. The summed E-state index contributed by atoms with van der Waals surface area (Å²) in [6, 6.07) is 6.93. The number of H-pyrrole nitrogens is 1. The molecule has 0 aliphatic carbocycles. The van der Waals surface area contributed by atoms with Gasteiger partial charge in [0.25, 0.3) is 0 Å². The zero-order valence-corrected chi connectivity index (χ0v) is 13.8. The highest BCUT2D eigenvalue weighted by Gasteiger charge is 2.25. The fraction of sp³-hybridized carbons (Fsp3) is 0.412. The molecule has 2 N–H and O–H groups in total. The van der Waals surface area contributed by atoms with Gasteiger partial charge in [0, 0.05) is 18.1 Å². The molecule has 6 heteroatoms. The van der Waals surface area contributed by atoms with Gasteiger partial charge in [-0.25, -0.2) is 9.59 Å². The number of rotatable bonds is 4. The van der Waals surface area contributed by atoms with E-state index in [0.29, 0.717) is 6.42 Å². The molecule has 0 spiro atoms. The predicted octanol–water partition coefficient (Wildman–Crippen LogP) is 2.78. The lowest BCUT2D eigenvalue weighted by atomic mass is 10.0. The van der Waals surface area contributed by atoms with Gasteiger partial charge in [-0.3, -0.25) is 0 Å². The average molecular weight is 318 g/mol. The SMILES string of the molecule is COC(=O)C(Cc1cccc2cc[nH]c12)NC(=O)OC(C)(C)C. The molecule has 1 heterocycles. The predicted molar refractivity (Wildman–Crippen MR) is 87.2 cm³/mol. The fourth-order valence-corrected chi connectivity index (χ4v) is 2.33. The van der Waals surface area contributed by atoms with Crippen LogP contribution in [0.15, 0.2) is 30.5 Å². The molecule has 1 amide bonds. The van der Waals surface area contributed by atoms with Crippen LogP contribution in [0, 0.1) is 0 Å². The summed E-state index contributed by atoms with van der Waals surface area (Å²) in [5, 5.41) is 3.62. The number of aromatic nitrogens is 1. The molecule has 6 nitrogen and oxygen atoms in total. The Bertz CT molecular complexity index is 700. The Kier molecular flexibility index (Phi) is 4.93. The molecule has 1 aromatic carbocycles. The highest BCUT2D eigenvalue weighted by Crippen LogP contribution is 2.19. The van der Waals surface area contributed by atoms with E-state index in [0.717, 1.165) is 16.5 Å². The van der Waals surface area contributed by atoms with Gasteiger partial charge in [0.05, 0.1) is 7.11 Å². The summed E-state index contributed by atoms with van der Waals surface area (Å²) in [6.07, 6.45) is 1.50. The van der Waals surface area contributed by atoms with Crippen molar-refractivity contribution in [2.24, 2.45) is 0 Å². The molecular formula is C17H22N2O4. The van der Waals surface area contributed by atoms with E-state index in [9.17, 15) is 9.59 Å². The maximum absolute atomic E-state index is 12.0. The third kappa shape index (κ3) is 4.48. The summed E-state index contributed by atoms with van der Waals surface area (Å²) in [6.45, 7) is 5.29. The van der Waals surface area contributed by atoms with E-state index in [4.69, 9.17) is 9.47 Å². The Morgan fingerprint density at radius 3 is 2.65 bits per heavy atom. The molecule has 0 aliphatic rings. The van der Waals surface area contributed by atoms with Gasteiger partial charge >= 0.3 is 12.1 Å². The zero-order chi connectivity index (χ0) is 17.0. The van der Waals surface area contributed by atoms with Crippen molar-refractivity contribution < 1.29 is 19.1 Å². The van der Waals surface area contributed by atoms with Gasteiger partial charge in [0.15, 0.2) is 0 Å². The molecule has 1 atom stereocenters. The first-order valence-corrected chi connectivity index (χ1v) is 7.42. The van der Waals surface area contributed by atoms with Gasteiger partial charge < -0.3 is 19.8 Å². The number of amides is 1. The van der Waals surface area contributed by atoms with Gasteiger partial charge in [-0.05, 0) is 37.8 Å². The lowest BCUT2D eigenvalue weighted by Crippen LogP contribution is -2.45. The summed E-state index contributed by atoms with van der Waals surface area (Å²) in [4.78, 5) is 27.1. The molecule has 0 fully saturated rings. The van der Waals surface area contributed by atoms with E-state index < -0.39 is 23.7 Å². The monoisotopic (exact) mass is 318 g/mol. The van der Waals surface area contributed by atoms with Gasteiger partial charge in [0.1, 0.15) is 11.6 Å². The van der Waals surface area contributed by atoms with E-state index in [1.165, 1.54) is 7.11 Å². The molecule has 1 unspecified atom stereocenters. The third-order valence-corrected chi connectivity index (χ3v) is 3.27. The van der Waals surface area contributed by atoms with Crippen molar-refractivity contribution >= 4 is 23.0 Å². The van der Waals surface area contributed by atoms with Crippen LogP contribution >= 0.6 is 0 Å². The lowest BCUT2D eigenvalue weighted by Gasteiger charge is -2.22. The number of carbonyl (C=O) groups is 2. The smallest absolute Gasteiger partial charge is 0.408 e. The van der Waals surface area contributed by atoms with Crippen molar-refractivity contribution in [2.75, 3.05) is 7.11 Å². The summed E-state index contributed by atoms with van der Waals surface area (Å²) in [7, 11) is 1.29.